The van der Waals surface area contributed by atoms with Crippen LogP contribution in [0.2, 0.25) is 0 Å². The number of nitrogens with two attached hydrogens (primary N) is 1. The highest BCUT2D eigenvalue weighted by atomic mass is 79.9. The van der Waals surface area contributed by atoms with Gasteiger partial charge in [0.2, 0.25) is 0 Å². The van der Waals surface area contributed by atoms with Crippen LogP contribution in [0.4, 0.5) is 0 Å². The van der Waals surface area contributed by atoms with Crippen molar-refractivity contribution in [1.82, 2.24) is 0 Å². The Morgan fingerprint density at radius 2 is 2.17 bits per heavy atom. The molecule has 1 aliphatic rings. The van der Waals surface area contributed by atoms with Crippen molar-refractivity contribution in [2.75, 3.05) is 6.61 Å². The maximum absolute atomic E-state index is 10.1. The van der Waals surface area contributed by atoms with Gasteiger partial charge >= 0.3 is 0 Å². The van der Waals surface area contributed by atoms with Crippen LogP contribution in [0.25, 0.3) is 0 Å². The molecule has 0 saturated heterocycles. The molecule has 0 bridgehead atoms. The second kappa shape index (κ2) is 6.75. The van der Waals surface area contributed by atoms with E-state index in [4.69, 9.17) is 10.5 Å². The largest absolute Gasteiger partial charge is 0.494 e. The monoisotopic (exact) mass is 335 g/mol. The molecule has 102 valence electrons. The van der Waals surface area contributed by atoms with E-state index in [9.17, 15) is 5.11 Å². The first-order chi connectivity index (χ1) is 8.13. The van der Waals surface area contributed by atoms with E-state index in [0.717, 1.165) is 28.6 Å². The Hall–Kier alpha value is -0.290. The van der Waals surface area contributed by atoms with Gasteiger partial charge in [-0.05, 0) is 43.9 Å². The maximum atomic E-state index is 10.1. The lowest BCUT2D eigenvalue weighted by molar-refractivity contribution is 0.121. The summed E-state index contributed by atoms with van der Waals surface area (Å²) in [5.74, 6) is 1.13. The molecule has 1 aromatic carbocycles. The van der Waals surface area contributed by atoms with Gasteiger partial charge in [-0.1, -0.05) is 15.9 Å². The number of ether oxygens (including phenoxy) is 1. The highest BCUT2D eigenvalue weighted by Crippen LogP contribution is 2.39. The van der Waals surface area contributed by atoms with Crippen molar-refractivity contribution in [1.29, 1.82) is 0 Å². The van der Waals surface area contributed by atoms with E-state index in [1.165, 1.54) is 0 Å². The minimum atomic E-state index is -0.469. The SMILES string of the molecule is CCOc1ccc(Br)cc1[C@@H](N)[C@@H](O)C1CC1.Cl. The lowest BCUT2D eigenvalue weighted by Gasteiger charge is -2.21. The van der Waals surface area contributed by atoms with Crippen LogP contribution in [0.15, 0.2) is 22.7 Å². The number of hydrogen-bond donors (Lipinski definition) is 2. The predicted molar refractivity (Wildman–Crippen MR) is 78.2 cm³/mol. The van der Waals surface area contributed by atoms with Crippen LogP contribution in [-0.2, 0) is 0 Å². The van der Waals surface area contributed by atoms with E-state index in [1.54, 1.807) is 0 Å². The molecule has 0 radical (unpaired) electrons. The number of rotatable bonds is 5. The van der Waals surface area contributed by atoms with Gasteiger partial charge in [-0.2, -0.15) is 0 Å². The van der Waals surface area contributed by atoms with Gasteiger partial charge in [-0.3, -0.25) is 0 Å². The topological polar surface area (TPSA) is 55.5 Å². The van der Waals surface area contributed by atoms with Gasteiger partial charge in [-0.15, -0.1) is 12.4 Å². The molecule has 1 fully saturated rings. The van der Waals surface area contributed by atoms with Crippen LogP contribution in [-0.4, -0.2) is 17.8 Å². The predicted octanol–water partition coefficient (Wildman–Crippen LogP) is 3.04. The normalized spacial score (nSPS) is 17.8. The summed E-state index contributed by atoms with van der Waals surface area (Å²) in [6.45, 7) is 2.54. The summed E-state index contributed by atoms with van der Waals surface area (Å²) >= 11 is 3.42. The molecule has 0 amide bonds. The number of hydrogen-bond acceptors (Lipinski definition) is 3. The van der Waals surface area contributed by atoms with E-state index in [0.29, 0.717) is 12.5 Å². The van der Waals surface area contributed by atoms with E-state index in [2.05, 4.69) is 15.9 Å². The minimum absolute atomic E-state index is 0. The molecule has 1 aromatic rings. The minimum Gasteiger partial charge on any atom is -0.494 e. The highest BCUT2D eigenvalue weighted by Gasteiger charge is 2.35. The van der Waals surface area contributed by atoms with Crippen LogP contribution >= 0.6 is 28.3 Å². The van der Waals surface area contributed by atoms with E-state index in [1.807, 2.05) is 25.1 Å². The Kier molecular flexibility index (Phi) is 5.92. The Morgan fingerprint density at radius 3 is 2.72 bits per heavy atom. The van der Waals surface area contributed by atoms with Crippen molar-refractivity contribution in [2.24, 2.45) is 11.7 Å². The zero-order chi connectivity index (χ0) is 12.4. The molecule has 1 saturated carbocycles. The Bertz CT molecular complexity index is 399. The fourth-order valence-electron chi connectivity index (χ4n) is 1.98. The molecule has 3 nitrogen and oxygen atoms in total. The molecular weight excluding hydrogens is 318 g/mol. The lowest BCUT2D eigenvalue weighted by Crippen LogP contribution is -2.28. The van der Waals surface area contributed by atoms with Crippen LogP contribution in [0.1, 0.15) is 31.4 Å². The molecule has 3 N–H and O–H groups in total. The Morgan fingerprint density at radius 1 is 1.50 bits per heavy atom. The fourth-order valence-corrected chi connectivity index (χ4v) is 2.36. The van der Waals surface area contributed by atoms with Crippen molar-refractivity contribution >= 4 is 28.3 Å². The van der Waals surface area contributed by atoms with Crippen molar-refractivity contribution in [2.45, 2.75) is 31.9 Å². The summed E-state index contributed by atoms with van der Waals surface area (Å²) < 4.78 is 6.50. The van der Waals surface area contributed by atoms with Crippen molar-refractivity contribution in [3.8, 4) is 5.75 Å². The molecule has 0 spiro atoms. The molecule has 0 unspecified atom stereocenters. The fraction of sp³-hybridized carbons (Fsp3) is 0.538. The van der Waals surface area contributed by atoms with Crippen molar-refractivity contribution < 1.29 is 9.84 Å². The highest BCUT2D eigenvalue weighted by molar-refractivity contribution is 9.10. The lowest BCUT2D eigenvalue weighted by atomic mass is 9.98. The molecule has 0 heterocycles. The summed E-state index contributed by atoms with van der Waals surface area (Å²) in [6, 6.07) is 5.37. The van der Waals surface area contributed by atoms with Gasteiger partial charge in [0.1, 0.15) is 5.75 Å². The molecule has 1 aliphatic carbocycles. The van der Waals surface area contributed by atoms with Gasteiger partial charge in [0.25, 0.3) is 0 Å². The molecule has 5 heteroatoms. The van der Waals surface area contributed by atoms with E-state index in [-0.39, 0.29) is 18.4 Å². The van der Waals surface area contributed by atoms with Gasteiger partial charge in [0.15, 0.2) is 0 Å². The summed E-state index contributed by atoms with van der Waals surface area (Å²) in [6.07, 6.45) is 1.68. The third-order valence-corrected chi connectivity index (χ3v) is 3.60. The molecule has 2 rings (SSSR count). The van der Waals surface area contributed by atoms with E-state index < -0.39 is 6.10 Å². The Labute approximate surface area is 122 Å². The van der Waals surface area contributed by atoms with Gasteiger partial charge in [-0.25, -0.2) is 0 Å². The van der Waals surface area contributed by atoms with Crippen molar-refractivity contribution in [3.05, 3.63) is 28.2 Å². The first-order valence-corrected chi connectivity index (χ1v) is 6.78. The third-order valence-electron chi connectivity index (χ3n) is 3.10. The summed E-state index contributed by atoms with van der Waals surface area (Å²) in [5.41, 5.74) is 7.00. The average molecular weight is 337 g/mol. The summed E-state index contributed by atoms with van der Waals surface area (Å²) in [4.78, 5) is 0. The molecule has 0 aromatic heterocycles. The quantitative estimate of drug-likeness (QED) is 0.869. The number of benzene rings is 1. The summed E-state index contributed by atoms with van der Waals surface area (Å²) in [7, 11) is 0. The van der Waals surface area contributed by atoms with E-state index >= 15 is 0 Å². The first kappa shape index (κ1) is 15.8. The number of aliphatic hydroxyl groups excluding tert-OH is 1. The van der Waals surface area contributed by atoms with Gasteiger partial charge < -0.3 is 15.6 Å². The Balaban J connectivity index is 0.00000162. The number of halogens is 2. The molecular formula is C13H19BrClNO2. The average Bonchev–Trinajstić information content (AvgIpc) is 3.14. The molecule has 18 heavy (non-hydrogen) atoms. The van der Waals surface area contributed by atoms with Crippen LogP contribution in [0.3, 0.4) is 0 Å². The van der Waals surface area contributed by atoms with Crippen LogP contribution in [0.5, 0.6) is 5.75 Å². The molecule has 0 aliphatic heterocycles. The summed E-state index contributed by atoms with van der Waals surface area (Å²) in [5, 5.41) is 10.1. The molecule has 2 atom stereocenters. The van der Waals surface area contributed by atoms with Crippen molar-refractivity contribution in [3.63, 3.8) is 0 Å². The second-order valence-electron chi connectivity index (χ2n) is 4.47. The third kappa shape index (κ3) is 3.60. The van der Waals surface area contributed by atoms with Gasteiger partial charge in [0.05, 0.1) is 18.8 Å². The smallest absolute Gasteiger partial charge is 0.124 e. The zero-order valence-electron chi connectivity index (χ0n) is 10.3. The standard InChI is InChI=1S/C13H18BrNO2.ClH/c1-2-17-11-6-5-9(14)7-10(11)12(15)13(16)8-3-4-8;/h5-8,12-13,16H,2-4,15H2,1H3;1H/t12-,13+;/m1./s1. The van der Waals surface area contributed by atoms with Crippen LogP contribution in [0, 0.1) is 5.92 Å². The first-order valence-electron chi connectivity index (χ1n) is 5.99. The number of aliphatic hydroxyl groups is 1. The second-order valence-corrected chi connectivity index (χ2v) is 5.38. The zero-order valence-corrected chi connectivity index (χ0v) is 12.7. The van der Waals surface area contributed by atoms with Gasteiger partial charge in [0, 0.05) is 10.0 Å². The maximum Gasteiger partial charge on any atom is 0.124 e. The van der Waals surface area contributed by atoms with Crippen LogP contribution < -0.4 is 10.5 Å².